The molecule has 0 aliphatic rings. The van der Waals surface area contributed by atoms with Crippen LogP contribution in [-0.2, 0) is 9.53 Å². The quantitative estimate of drug-likeness (QED) is 0.391. The molecule has 23 heavy (non-hydrogen) atoms. The summed E-state index contributed by atoms with van der Waals surface area (Å²) in [6.07, 6.45) is 1.44. The molecule has 0 fully saturated rings. The van der Waals surface area contributed by atoms with Gasteiger partial charge in [-0.05, 0) is 39.8 Å². The van der Waals surface area contributed by atoms with Gasteiger partial charge in [-0.25, -0.2) is 0 Å². The van der Waals surface area contributed by atoms with Crippen molar-refractivity contribution in [2.75, 3.05) is 32.8 Å². The van der Waals surface area contributed by atoms with Crippen molar-refractivity contribution in [3.63, 3.8) is 0 Å². The summed E-state index contributed by atoms with van der Waals surface area (Å²) < 4.78 is 44.1. The Bertz CT molecular complexity index is 324. The molecule has 1 amide bonds. The number of amides is 1. The molecule has 0 rings (SSSR count). The molecule has 0 aliphatic heterocycles. The highest BCUT2D eigenvalue weighted by Crippen LogP contribution is 2.33. The summed E-state index contributed by atoms with van der Waals surface area (Å²) in [5, 5.41) is 0. The molecule has 4 nitrogen and oxygen atoms in total. The van der Waals surface area contributed by atoms with Crippen molar-refractivity contribution in [2.24, 2.45) is 0 Å². The molecule has 0 heterocycles. The molecule has 8 heteroatoms. The number of rotatable bonds is 12. The second kappa shape index (κ2) is 12.0. The molecular weight excluding hydrogens is 329 g/mol. The van der Waals surface area contributed by atoms with Crippen molar-refractivity contribution in [3.8, 4) is 0 Å². The highest BCUT2D eigenvalue weighted by molar-refractivity contribution is 7.98. The first-order valence-electron chi connectivity index (χ1n) is 8.09. The largest absolute Gasteiger partial charge is 0.461 e. The van der Waals surface area contributed by atoms with E-state index in [1.807, 2.05) is 32.6 Å². The summed E-state index contributed by atoms with van der Waals surface area (Å²) in [6.45, 7) is 10.3. The third-order valence-electron chi connectivity index (χ3n) is 3.24. The van der Waals surface area contributed by atoms with E-state index < -0.39 is 11.4 Å². The fourth-order valence-electron chi connectivity index (χ4n) is 1.94. The minimum Gasteiger partial charge on any atom is -0.379 e. The molecule has 0 atom stereocenters. The van der Waals surface area contributed by atoms with Gasteiger partial charge in [0.2, 0.25) is 5.91 Å². The maximum Gasteiger partial charge on any atom is 0.461 e. The van der Waals surface area contributed by atoms with Gasteiger partial charge in [0.25, 0.3) is 0 Å². The molecule has 0 aliphatic carbocycles. The Labute approximate surface area is 141 Å². The predicted octanol–water partition coefficient (Wildman–Crippen LogP) is 3.92. The highest BCUT2D eigenvalue weighted by Gasteiger charge is 2.34. The van der Waals surface area contributed by atoms with Crippen molar-refractivity contribution >= 4 is 17.9 Å². The Morgan fingerprint density at radius 2 is 1.74 bits per heavy atom. The van der Waals surface area contributed by atoms with E-state index in [-0.39, 0.29) is 31.0 Å². The van der Waals surface area contributed by atoms with Crippen LogP contribution in [-0.4, -0.2) is 59.5 Å². The summed E-state index contributed by atoms with van der Waals surface area (Å²) in [5.74, 6) is -0.468. The monoisotopic (exact) mass is 358 g/mol. The number of carbonyl (C=O) groups is 1. The molecule has 0 radical (unpaired) electrons. The average molecular weight is 358 g/mol. The van der Waals surface area contributed by atoms with E-state index in [9.17, 15) is 18.0 Å². The molecule has 0 aromatic heterocycles. The number of likely N-dealkylation sites (N-methyl/N-ethyl adjacent to an activating group) is 1. The lowest BCUT2D eigenvalue weighted by Gasteiger charge is -2.26. The van der Waals surface area contributed by atoms with Gasteiger partial charge in [0, 0.05) is 26.1 Å². The van der Waals surface area contributed by atoms with Crippen LogP contribution in [0.2, 0.25) is 0 Å². The van der Waals surface area contributed by atoms with Gasteiger partial charge in [0.05, 0.1) is 18.1 Å². The minimum absolute atomic E-state index is 0.0766. The number of hydrogen-bond acceptors (Lipinski definition) is 4. The standard InChI is InChI=1S/C15H29F3N2O2S/c1-5-19(6-2)10-11-20(23-15(16,17)18)14(21)9-7-8-12-22-13(3)4/h13H,5-12H2,1-4H3. The van der Waals surface area contributed by atoms with Gasteiger partial charge in [-0.2, -0.15) is 13.2 Å². The first-order chi connectivity index (χ1) is 10.7. The topological polar surface area (TPSA) is 32.8 Å². The Balaban J connectivity index is 4.34. The zero-order valence-electron chi connectivity index (χ0n) is 14.5. The Morgan fingerprint density at radius 1 is 1.13 bits per heavy atom. The molecule has 0 aromatic carbocycles. The summed E-state index contributed by atoms with van der Waals surface area (Å²) in [7, 11) is 0. The van der Waals surface area contributed by atoms with Crippen molar-refractivity contribution in [2.45, 2.75) is 58.6 Å². The van der Waals surface area contributed by atoms with Crippen LogP contribution in [0.4, 0.5) is 13.2 Å². The fraction of sp³-hybridized carbons (Fsp3) is 0.933. The van der Waals surface area contributed by atoms with Crippen LogP contribution in [0.1, 0.15) is 47.0 Å². The van der Waals surface area contributed by atoms with E-state index >= 15 is 0 Å². The normalized spacial score (nSPS) is 12.2. The second-order valence-electron chi connectivity index (χ2n) is 5.44. The van der Waals surface area contributed by atoms with E-state index in [0.717, 1.165) is 17.4 Å². The van der Waals surface area contributed by atoms with Crippen LogP contribution in [0.15, 0.2) is 0 Å². The zero-order valence-corrected chi connectivity index (χ0v) is 15.3. The smallest absolute Gasteiger partial charge is 0.379 e. The SMILES string of the molecule is CCN(CC)CCN(SC(F)(F)F)C(=O)CCCCOC(C)C. The predicted molar refractivity (Wildman–Crippen MR) is 88.1 cm³/mol. The molecule has 0 N–H and O–H groups in total. The third-order valence-corrected chi connectivity index (χ3v) is 4.06. The van der Waals surface area contributed by atoms with Crippen LogP contribution < -0.4 is 0 Å². The van der Waals surface area contributed by atoms with E-state index in [1.165, 1.54) is 0 Å². The summed E-state index contributed by atoms with van der Waals surface area (Å²) in [6, 6.07) is 0. The van der Waals surface area contributed by atoms with Crippen molar-refractivity contribution in [1.82, 2.24) is 9.21 Å². The van der Waals surface area contributed by atoms with E-state index in [2.05, 4.69) is 0 Å². The number of hydrogen-bond donors (Lipinski definition) is 0. The number of halogens is 3. The molecule has 0 spiro atoms. The molecule has 0 saturated carbocycles. The second-order valence-corrected chi connectivity index (χ2v) is 6.52. The average Bonchev–Trinajstić information content (AvgIpc) is 2.44. The van der Waals surface area contributed by atoms with Crippen LogP contribution in [0.5, 0.6) is 0 Å². The van der Waals surface area contributed by atoms with Gasteiger partial charge < -0.3 is 9.64 Å². The van der Waals surface area contributed by atoms with Crippen LogP contribution in [0.25, 0.3) is 0 Å². The Hall–Kier alpha value is -0.470. The van der Waals surface area contributed by atoms with E-state index in [0.29, 0.717) is 26.0 Å². The minimum atomic E-state index is -4.44. The summed E-state index contributed by atoms with van der Waals surface area (Å²) in [5.41, 5.74) is -4.44. The first kappa shape index (κ1) is 22.5. The summed E-state index contributed by atoms with van der Waals surface area (Å²) in [4.78, 5) is 14.0. The number of ether oxygens (including phenoxy) is 1. The van der Waals surface area contributed by atoms with Crippen LogP contribution >= 0.6 is 11.9 Å². The fourth-order valence-corrected chi connectivity index (χ4v) is 2.56. The Kier molecular flexibility index (Phi) is 11.7. The number of carbonyl (C=O) groups excluding carboxylic acids is 1. The maximum atomic E-state index is 12.6. The third kappa shape index (κ3) is 12.6. The number of nitrogens with zero attached hydrogens (tertiary/aromatic N) is 2. The lowest BCUT2D eigenvalue weighted by Crippen LogP contribution is -2.36. The molecule has 0 bridgehead atoms. The van der Waals surface area contributed by atoms with Gasteiger partial charge in [-0.15, -0.1) is 0 Å². The molecular formula is C15H29F3N2O2S. The van der Waals surface area contributed by atoms with Crippen molar-refractivity contribution in [1.29, 1.82) is 0 Å². The van der Waals surface area contributed by atoms with E-state index in [1.54, 1.807) is 0 Å². The molecule has 0 aromatic rings. The van der Waals surface area contributed by atoms with Gasteiger partial charge in [-0.3, -0.25) is 9.10 Å². The zero-order chi connectivity index (χ0) is 17.9. The van der Waals surface area contributed by atoms with Crippen LogP contribution in [0.3, 0.4) is 0 Å². The lowest BCUT2D eigenvalue weighted by molar-refractivity contribution is -0.127. The number of unbranched alkanes of at least 4 members (excludes halogenated alkanes) is 1. The van der Waals surface area contributed by atoms with Crippen molar-refractivity contribution < 1.29 is 22.7 Å². The lowest BCUT2D eigenvalue weighted by atomic mass is 10.2. The highest BCUT2D eigenvalue weighted by atomic mass is 32.2. The Morgan fingerprint density at radius 3 is 2.22 bits per heavy atom. The van der Waals surface area contributed by atoms with Crippen LogP contribution in [0, 0.1) is 0 Å². The molecule has 0 unspecified atom stereocenters. The van der Waals surface area contributed by atoms with Crippen molar-refractivity contribution in [3.05, 3.63) is 0 Å². The molecule has 138 valence electrons. The molecule has 0 saturated heterocycles. The number of alkyl halides is 3. The first-order valence-corrected chi connectivity index (χ1v) is 8.87. The summed E-state index contributed by atoms with van der Waals surface area (Å²) >= 11 is -0.333. The van der Waals surface area contributed by atoms with Gasteiger partial charge in [-0.1, -0.05) is 13.8 Å². The maximum absolute atomic E-state index is 12.6. The van der Waals surface area contributed by atoms with Gasteiger partial charge in [0.15, 0.2) is 0 Å². The van der Waals surface area contributed by atoms with E-state index in [4.69, 9.17) is 4.74 Å². The van der Waals surface area contributed by atoms with Gasteiger partial charge >= 0.3 is 5.51 Å². The van der Waals surface area contributed by atoms with Gasteiger partial charge in [0.1, 0.15) is 0 Å².